The quantitative estimate of drug-likeness (QED) is 0.338. The average Bonchev–Trinajstić information content (AvgIpc) is 3.08. The fourth-order valence-corrected chi connectivity index (χ4v) is 3.87. The largest absolute Gasteiger partial charge is 0.394 e. The summed E-state index contributed by atoms with van der Waals surface area (Å²) in [5.74, 6) is 0. The molecule has 0 amide bonds. The third kappa shape index (κ3) is 3.99. The van der Waals surface area contributed by atoms with Crippen molar-refractivity contribution >= 4 is 17.2 Å². The SMILES string of the molecule is O=c1n(Cc2cc([C@@H]3O[C@H](CO)[C@@H](O)[C@H](O)[C@@H]3O)ccc2Cl)nc2cc(CO)ccn12. The minimum atomic E-state index is -1.50. The predicted octanol–water partition coefficient (Wildman–Crippen LogP) is -0.795. The topological polar surface area (TPSA) is 150 Å². The average molecular weight is 452 g/mol. The lowest BCUT2D eigenvalue weighted by Gasteiger charge is -2.40. The van der Waals surface area contributed by atoms with Crippen molar-refractivity contribution in [3.05, 3.63) is 68.7 Å². The lowest BCUT2D eigenvalue weighted by Crippen LogP contribution is -2.55. The highest BCUT2D eigenvalue weighted by atomic mass is 35.5. The third-order valence-corrected chi connectivity index (χ3v) is 5.81. The van der Waals surface area contributed by atoms with Gasteiger partial charge in [0.25, 0.3) is 0 Å². The maximum atomic E-state index is 12.6. The van der Waals surface area contributed by atoms with Crippen molar-refractivity contribution < 1.29 is 30.3 Å². The Morgan fingerprint density at radius 2 is 1.84 bits per heavy atom. The predicted molar refractivity (Wildman–Crippen MR) is 109 cm³/mol. The number of hydrogen-bond acceptors (Lipinski definition) is 8. The smallest absolute Gasteiger partial charge is 0.350 e. The zero-order valence-electron chi connectivity index (χ0n) is 16.2. The molecule has 4 rings (SSSR count). The van der Waals surface area contributed by atoms with Crippen LogP contribution in [0.1, 0.15) is 22.8 Å². The second-order valence-corrected chi connectivity index (χ2v) is 7.87. The Balaban J connectivity index is 1.67. The maximum Gasteiger partial charge on any atom is 0.350 e. The molecule has 3 aromatic rings. The van der Waals surface area contributed by atoms with Crippen molar-refractivity contribution in [1.82, 2.24) is 14.2 Å². The van der Waals surface area contributed by atoms with E-state index in [-0.39, 0.29) is 13.2 Å². The van der Waals surface area contributed by atoms with E-state index in [1.165, 1.54) is 15.3 Å². The highest BCUT2D eigenvalue weighted by molar-refractivity contribution is 6.31. The van der Waals surface area contributed by atoms with E-state index in [0.29, 0.717) is 27.4 Å². The van der Waals surface area contributed by atoms with Gasteiger partial charge in [0.15, 0.2) is 5.65 Å². The number of benzene rings is 1. The molecule has 10 nitrogen and oxygen atoms in total. The van der Waals surface area contributed by atoms with Crippen LogP contribution in [-0.2, 0) is 17.9 Å². The van der Waals surface area contributed by atoms with E-state index in [2.05, 4.69) is 5.10 Å². The number of aliphatic hydroxyl groups is 5. The molecule has 0 aliphatic carbocycles. The fraction of sp³-hybridized carbons (Fsp3) is 0.400. The van der Waals surface area contributed by atoms with Crippen LogP contribution in [0.4, 0.5) is 0 Å². The van der Waals surface area contributed by atoms with Crippen molar-refractivity contribution in [3.63, 3.8) is 0 Å². The van der Waals surface area contributed by atoms with Crippen LogP contribution in [0.5, 0.6) is 0 Å². The Hall–Kier alpha value is -2.31. The molecule has 1 saturated heterocycles. The van der Waals surface area contributed by atoms with Gasteiger partial charge in [0, 0.05) is 11.2 Å². The van der Waals surface area contributed by atoms with Crippen molar-refractivity contribution in [3.8, 4) is 0 Å². The van der Waals surface area contributed by atoms with Gasteiger partial charge in [0.2, 0.25) is 0 Å². The first-order chi connectivity index (χ1) is 14.8. The van der Waals surface area contributed by atoms with Gasteiger partial charge in [0.05, 0.1) is 19.8 Å². The van der Waals surface area contributed by atoms with Crippen LogP contribution in [0.25, 0.3) is 5.65 Å². The number of hydrogen-bond donors (Lipinski definition) is 5. The number of halogens is 1. The molecule has 166 valence electrons. The van der Waals surface area contributed by atoms with Gasteiger partial charge in [-0.15, -0.1) is 5.10 Å². The van der Waals surface area contributed by atoms with Gasteiger partial charge >= 0.3 is 5.69 Å². The molecule has 5 N–H and O–H groups in total. The number of fused-ring (bicyclic) bond motifs is 1. The van der Waals surface area contributed by atoms with Crippen molar-refractivity contribution in [2.24, 2.45) is 0 Å². The first-order valence-electron chi connectivity index (χ1n) is 9.62. The lowest BCUT2D eigenvalue weighted by atomic mass is 9.90. The first-order valence-corrected chi connectivity index (χ1v) is 9.99. The number of aromatic nitrogens is 3. The Kier molecular flexibility index (Phi) is 6.13. The molecule has 31 heavy (non-hydrogen) atoms. The van der Waals surface area contributed by atoms with Gasteiger partial charge < -0.3 is 30.3 Å². The molecule has 1 aromatic carbocycles. The Morgan fingerprint density at radius 3 is 2.55 bits per heavy atom. The molecule has 5 atom stereocenters. The zero-order chi connectivity index (χ0) is 22.3. The molecular formula is C20H22ClN3O7. The van der Waals surface area contributed by atoms with Gasteiger partial charge in [0.1, 0.15) is 30.5 Å². The summed E-state index contributed by atoms with van der Waals surface area (Å²) in [6, 6.07) is 8.00. The second kappa shape index (κ2) is 8.67. The van der Waals surface area contributed by atoms with Gasteiger partial charge in [-0.2, -0.15) is 0 Å². The van der Waals surface area contributed by atoms with Crippen LogP contribution in [0, 0.1) is 0 Å². The number of rotatable bonds is 5. The van der Waals surface area contributed by atoms with Crippen LogP contribution >= 0.6 is 11.6 Å². The molecule has 3 heterocycles. The zero-order valence-corrected chi connectivity index (χ0v) is 17.0. The molecule has 2 aromatic heterocycles. The molecule has 1 fully saturated rings. The molecule has 0 bridgehead atoms. The summed E-state index contributed by atoms with van der Waals surface area (Å²) in [7, 11) is 0. The summed E-state index contributed by atoms with van der Waals surface area (Å²) in [6.45, 7) is -0.683. The minimum absolute atomic E-state index is 0.0269. The van der Waals surface area contributed by atoms with Gasteiger partial charge in [-0.25, -0.2) is 9.48 Å². The van der Waals surface area contributed by atoms with E-state index >= 15 is 0 Å². The van der Waals surface area contributed by atoms with Crippen LogP contribution in [0.2, 0.25) is 5.02 Å². The molecule has 1 aliphatic rings. The first kappa shape index (κ1) is 21.9. The number of nitrogens with zero attached hydrogens (tertiary/aromatic N) is 3. The van der Waals surface area contributed by atoms with E-state index in [4.69, 9.17) is 16.3 Å². The number of pyridine rings is 1. The Bertz CT molecular complexity index is 1150. The summed E-state index contributed by atoms with van der Waals surface area (Å²) in [6.07, 6.45) is -4.92. The van der Waals surface area contributed by atoms with Gasteiger partial charge in [-0.05, 0) is 41.0 Å². The summed E-state index contributed by atoms with van der Waals surface area (Å²) in [5, 5.41) is 53.7. The van der Waals surface area contributed by atoms with Crippen LogP contribution in [-0.4, -0.2) is 70.7 Å². The van der Waals surface area contributed by atoms with E-state index in [0.717, 1.165) is 0 Å². The molecule has 11 heteroatoms. The molecule has 0 unspecified atom stereocenters. The summed E-state index contributed by atoms with van der Waals surface area (Å²) in [5.41, 5.74) is 1.57. The minimum Gasteiger partial charge on any atom is -0.394 e. The van der Waals surface area contributed by atoms with Crippen molar-refractivity contribution in [2.45, 2.75) is 43.7 Å². The summed E-state index contributed by atoms with van der Waals surface area (Å²) < 4.78 is 8.15. The molecule has 1 aliphatic heterocycles. The van der Waals surface area contributed by atoms with Crippen molar-refractivity contribution in [1.29, 1.82) is 0 Å². The van der Waals surface area contributed by atoms with Gasteiger partial charge in [-0.3, -0.25) is 4.40 Å². The Morgan fingerprint density at radius 1 is 1.06 bits per heavy atom. The van der Waals surface area contributed by atoms with E-state index in [1.807, 2.05) is 0 Å². The van der Waals surface area contributed by atoms with E-state index < -0.39 is 42.8 Å². The monoisotopic (exact) mass is 451 g/mol. The second-order valence-electron chi connectivity index (χ2n) is 7.46. The Labute approximate surface area is 181 Å². The number of aliphatic hydroxyl groups excluding tert-OH is 5. The van der Waals surface area contributed by atoms with Crippen LogP contribution < -0.4 is 5.69 Å². The maximum absolute atomic E-state index is 12.6. The molecular weight excluding hydrogens is 430 g/mol. The number of ether oxygens (including phenoxy) is 1. The summed E-state index contributed by atoms with van der Waals surface area (Å²) in [4.78, 5) is 12.6. The highest BCUT2D eigenvalue weighted by Gasteiger charge is 2.44. The third-order valence-electron chi connectivity index (χ3n) is 5.44. The summed E-state index contributed by atoms with van der Waals surface area (Å²) >= 11 is 6.31. The van der Waals surface area contributed by atoms with E-state index in [1.54, 1.807) is 30.3 Å². The fourth-order valence-electron chi connectivity index (χ4n) is 3.69. The van der Waals surface area contributed by atoms with Gasteiger partial charge in [-0.1, -0.05) is 17.7 Å². The normalized spacial score (nSPS) is 26.5. The molecule has 0 saturated carbocycles. The standard InChI is InChI=1S/C20H22ClN3O7/c21-13-2-1-11(19-18(29)17(28)16(27)14(9-26)31-19)6-12(13)7-24-20(30)23-4-3-10(8-25)5-15(23)22-24/h1-6,14,16-19,25-29H,7-9H2/t14-,16-,17+,18+,19+/m1/s1. The molecule has 0 radical (unpaired) electrons. The van der Waals surface area contributed by atoms with E-state index in [9.17, 15) is 30.3 Å². The molecule has 0 spiro atoms. The van der Waals surface area contributed by atoms with Crippen LogP contribution in [0.3, 0.4) is 0 Å². The lowest BCUT2D eigenvalue weighted by molar-refractivity contribution is -0.231. The highest BCUT2D eigenvalue weighted by Crippen LogP contribution is 2.34. The van der Waals surface area contributed by atoms with Crippen molar-refractivity contribution in [2.75, 3.05) is 6.61 Å². The van der Waals surface area contributed by atoms with Crippen LogP contribution in [0.15, 0.2) is 41.3 Å².